The number of fused-ring (bicyclic) bond motifs is 3. The fraction of sp³-hybridized carbons (Fsp3) is 0.579. The van der Waals surface area contributed by atoms with Crippen molar-refractivity contribution >= 4 is 11.6 Å². The van der Waals surface area contributed by atoms with Crippen molar-refractivity contribution in [1.29, 1.82) is 0 Å². The first-order chi connectivity index (χ1) is 11.6. The zero-order chi connectivity index (χ0) is 16.9. The highest BCUT2D eigenvalue weighted by Crippen LogP contribution is 2.51. The van der Waals surface area contributed by atoms with Crippen LogP contribution in [0.3, 0.4) is 0 Å². The molecular formula is C19H25N3O2. The SMILES string of the molecule is CC[C@@]1(CO)C[C@@H]2CC[C@H]1N2C(=O)Cc1cnc2c(C)cccn12. The number of rotatable bonds is 4. The minimum atomic E-state index is -0.0886. The molecule has 0 aliphatic carbocycles. The fourth-order valence-electron chi connectivity index (χ4n) is 4.91. The Morgan fingerprint density at radius 1 is 1.46 bits per heavy atom. The van der Waals surface area contributed by atoms with E-state index < -0.39 is 0 Å². The lowest BCUT2D eigenvalue weighted by Crippen LogP contribution is -2.43. The van der Waals surface area contributed by atoms with Gasteiger partial charge in [-0.15, -0.1) is 0 Å². The Balaban J connectivity index is 1.60. The molecule has 24 heavy (non-hydrogen) atoms. The second kappa shape index (κ2) is 5.59. The zero-order valence-corrected chi connectivity index (χ0v) is 14.4. The van der Waals surface area contributed by atoms with E-state index in [2.05, 4.69) is 16.8 Å². The van der Waals surface area contributed by atoms with Crippen LogP contribution in [0.5, 0.6) is 0 Å². The number of aromatic nitrogens is 2. The van der Waals surface area contributed by atoms with Crippen LogP contribution in [0.2, 0.25) is 0 Å². The maximum atomic E-state index is 13.0. The Labute approximate surface area is 142 Å². The van der Waals surface area contributed by atoms with Crippen LogP contribution in [0, 0.1) is 12.3 Å². The summed E-state index contributed by atoms with van der Waals surface area (Å²) in [4.78, 5) is 19.6. The molecule has 0 saturated carbocycles. The van der Waals surface area contributed by atoms with Gasteiger partial charge in [0.25, 0.3) is 0 Å². The van der Waals surface area contributed by atoms with Crippen LogP contribution in [0.15, 0.2) is 24.5 Å². The third kappa shape index (κ3) is 2.10. The molecule has 0 radical (unpaired) electrons. The summed E-state index contributed by atoms with van der Waals surface area (Å²) in [5, 5.41) is 9.91. The molecule has 2 aliphatic heterocycles. The van der Waals surface area contributed by atoms with Crippen molar-refractivity contribution < 1.29 is 9.90 Å². The maximum absolute atomic E-state index is 13.0. The fourth-order valence-corrected chi connectivity index (χ4v) is 4.91. The average molecular weight is 327 g/mol. The van der Waals surface area contributed by atoms with Gasteiger partial charge in [-0.25, -0.2) is 4.98 Å². The number of nitrogens with zero attached hydrogens (tertiary/aromatic N) is 3. The van der Waals surface area contributed by atoms with E-state index in [9.17, 15) is 9.90 Å². The van der Waals surface area contributed by atoms with E-state index in [4.69, 9.17) is 0 Å². The normalized spacial score (nSPS) is 28.9. The Hall–Kier alpha value is -1.88. The summed E-state index contributed by atoms with van der Waals surface area (Å²) < 4.78 is 2.02. The van der Waals surface area contributed by atoms with Crippen molar-refractivity contribution in [2.45, 2.75) is 58.0 Å². The lowest BCUT2D eigenvalue weighted by atomic mass is 9.72. The van der Waals surface area contributed by atoms with E-state index >= 15 is 0 Å². The van der Waals surface area contributed by atoms with Gasteiger partial charge in [0.2, 0.25) is 5.91 Å². The molecule has 0 spiro atoms. The van der Waals surface area contributed by atoms with Gasteiger partial charge in [0.15, 0.2) is 0 Å². The minimum Gasteiger partial charge on any atom is -0.396 e. The van der Waals surface area contributed by atoms with Gasteiger partial charge in [0, 0.05) is 29.9 Å². The van der Waals surface area contributed by atoms with E-state index in [1.54, 1.807) is 0 Å². The molecule has 1 N–H and O–H groups in total. The molecular weight excluding hydrogens is 302 g/mol. The highest BCUT2D eigenvalue weighted by atomic mass is 16.3. The lowest BCUT2D eigenvalue weighted by molar-refractivity contribution is -0.132. The van der Waals surface area contributed by atoms with Gasteiger partial charge in [-0.05, 0) is 44.2 Å². The van der Waals surface area contributed by atoms with Crippen molar-refractivity contribution in [2.75, 3.05) is 6.61 Å². The van der Waals surface area contributed by atoms with Gasteiger partial charge >= 0.3 is 0 Å². The maximum Gasteiger partial charge on any atom is 0.229 e. The van der Waals surface area contributed by atoms with Gasteiger partial charge in [0.1, 0.15) is 5.65 Å². The number of carbonyl (C=O) groups is 1. The summed E-state index contributed by atoms with van der Waals surface area (Å²) in [6.07, 6.45) is 8.15. The number of aliphatic hydroxyl groups excluding tert-OH is 1. The Morgan fingerprint density at radius 2 is 2.29 bits per heavy atom. The molecule has 0 unspecified atom stereocenters. The van der Waals surface area contributed by atoms with Crippen molar-refractivity contribution in [3.05, 3.63) is 35.8 Å². The van der Waals surface area contributed by atoms with Crippen LogP contribution in [0.1, 0.15) is 43.9 Å². The van der Waals surface area contributed by atoms with Gasteiger partial charge in [-0.3, -0.25) is 4.79 Å². The molecule has 2 fully saturated rings. The van der Waals surface area contributed by atoms with E-state index in [0.29, 0.717) is 12.5 Å². The molecule has 3 atom stereocenters. The monoisotopic (exact) mass is 327 g/mol. The second-order valence-corrected chi connectivity index (χ2v) is 7.44. The van der Waals surface area contributed by atoms with Crippen LogP contribution >= 0.6 is 0 Å². The standard InChI is InChI=1S/C19H25N3O2/c1-3-19(12-23)10-14-6-7-16(19)22(14)17(24)9-15-11-20-18-13(2)5-4-8-21(15)18/h4-5,8,11,14,16,23H,3,6-7,9-10,12H2,1-2H3/t14-,16+,19-/m0/s1. The molecule has 1 amide bonds. The highest BCUT2D eigenvalue weighted by molar-refractivity contribution is 5.80. The number of hydrogen-bond acceptors (Lipinski definition) is 3. The predicted molar refractivity (Wildman–Crippen MR) is 91.7 cm³/mol. The predicted octanol–water partition coefficient (Wildman–Crippen LogP) is 2.34. The quantitative estimate of drug-likeness (QED) is 0.938. The molecule has 5 nitrogen and oxygen atoms in total. The summed E-state index contributed by atoms with van der Waals surface area (Å²) in [6, 6.07) is 4.53. The number of aryl methyl sites for hydroxylation is 1. The van der Waals surface area contributed by atoms with Gasteiger partial charge < -0.3 is 14.4 Å². The zero-order valence-electron chi connectivity index (χ0n) is 14.4. The van der Waals surface area contributed by atoms with Crippen molar-refractivity contribution in [3.63, 3.8) is 0 Å². The number of hydrogen-bond donors (Lipinski definition) is 1. The van der Waals surface area contributed by atoms with Gasteiger partial charge in [-0.2, -0.15) is 0 Å². The largest absolute Gasteiger partial charge is 0.396 e. The summed E-state index contributed by atoms with van der Waals surface area (Å²) in [5.41, 5.74) is 2.89. The number of amides is 1. The molecule has 128 valence electrons. The number of imidazole rings is 1. The third-order valence-electron chi connectivity index (χ3n) is 6.30. The Kier molecular flexibility index (Phi) is 3.64. The average Bonchev–Trinajstić information content (AvgIpc) is 3.27. The number of aliphatic hydroxyl groups is 1. The van der Waals surface area contributed by atoms with Crippen LogP contribution in [-0.2, 0) is 11.2 Å². The summed E-state index contributed by atoms with van der Waals surface area (Å²) in [5.74, 6) is 0.176. The Morgan fingerprint density at radius 3 is 3.00 bits per heavy atom. The van der Waals surface area contributed by atoms with Crippen molar-refractivity contribution in [1.82, 2.24) is 14.3 Å². The number of carbonyl (C=O) groups excluding carboxylic acids is 1. The molecule has 4 rings (SSSR count). The van der Waals surface area contributed by atoms with E-state index in [-0.39, 0.29) is 24.0 Å². The smallest absolute Gasteiger partial charge is 0.229 e. The van der Waals surface area contributed by atoms with Gasteiger partial charge in [-0.1, -0.05) is 13.0 Å². The molecule has 5 heteroatoms. The van der Waals surface area contributed by atoms with Crippen molar-refractivity contribution in [3.8, 4) is 0 Å². The molecule has 2 aliphatic rings. The second-order valence-electron chi connectivity index (χ2n) is 7.44. The van der Waals surface area contributed by atoms with Crippen LogP contribution in [0.4, 0.5) is 0 Å². The van der Waals surface area contributed by atoms with Crippen LogP contribution < -0.4 is 0 Å². The summed E-state index contributed by atoms with van der Waals surface area (Å²) >= 11 is 0. The number of pyridine rings is 1. The third-order valence-corrected chi connectivity index (χ3v) is 6.30. The van der Waals surface area contributed by atoms with E-state index in [1.807, 2.05) is 35.9 Å². The first kappa shape index (κ1) is 15.6. The molecule has 2 aromatic heterocycles. The van der Waals surface area contributed by atoms with E-state index in [1.165, 1.54) is 0 Å². The van der Waals surface area contributed by atoms with Gasteiger partial charge in [0.05, 0.1) is 18.7 Å². The first-order valence-electron chi connectivity index (χ1n) is 8.93. The first-order valence-corrected chi connectivity index (χ1v) is 8.93. The Bertz CT molecular complexity index is 778. The van der Waals surface area contributed by atoms with Crippen LogP contribution in [0.25, 0.3) is 5.65 Å². The topological polar surface area (TPSA) is 57.8 Å². The summed E-state index contributed by atoms with van der Waals surface area (Å²) in [7, 11) is 0. The van der Waals surface area contributed by atoms with Crippen LogP contribution in [-0.4, -0.2) is 44.0 Å². The molecule has 2 aromatic rings. The van der Waals surface area contributed by atoms with Crippen molar-refractivity contribution in [2.24, 2.45) is 5.41 Å². The highest BCUT2D eigenvalue weighted by Gasteiger charge is 2.56. The summed E-state index contributed by atoms with van der Waals surface area (Å²) in [6.45, 7) is 4.35. The molecule has 0 aromatic carbocycles. The molecule has 2 bridgehead atoms. The van der Waals surface area contributed by atoms with E-state index in [0.717, 1.165) is 42.6 Å². The lowest BCUT2D eigenvalue weighted by Gasteiger charge is -2.34. The molecule has 4 heterocycles. The minimum absolute atomic E-state index is 0.0886. The molecule has 2 saturated heterocycles.